The van der Waals surface area contributed by atoms with E-state index in [1.807, 2.05) is 37.9 Å². The molecule has 6 heteroatoms. The Bertz CT molecular complexity index is 1190. The molecule has 0 bridgehead atoms. The van der Waals surface area contributed by atoms with Crippen molar-refractivity contribution in [2.45, 2.75) is 57.5 Å². The van der Waals surface area contributed by atoms with Crippen LogP contribution >= 0.6 is 11.6 Å². The van der Waals surface area contributed by atoms with Gasteiger partial charge in [-0.05, 0) is 85.9 Å². The average Bonchev–Trinajstić information content (AvgIpc) is 2.88. The number of piperidine rings is 1. The number of amides is 1. The number of likely N-dealkylation sites (tertiary alicyclic amines) is 1. The number of methoxy groups -OCH3 is 1. The van der Waals surface area contributed by atoms with Crippen molar-refractivity contribution in [1.82, 2.24) is 9.88 Å². The lowest BCUT2D eigenvalue weighted by Crippen LogP contribution is -2.44. The number of aromatic nitrogens is 1. The highest BCUT2D eigenvalue weighted by molar-refractivity contribution is 6.31. The number of carbonyl (C=O) groups excluding carboxylic acids is 1. The van der Waals surface area contributed by atoms with Crippen molar-refractivity contribution in [3.63, 3.8) is 0 Å². The minimum Gasteiger partial charge on any atom is -0.444 e. The number of pyridine rings is 1. The van der Waals surface area contributed by atoms with Crippen LogP contribution in [-0.4, -0.2) is 48.4 Å². The van der Waals surface area contributed by atoms with Gasteiger partial charge >= 0.3 is 6.09 Å². The van der Waals surface area contributed by atoms with Gasteiger partial charge in [-0.3, -0.25) is 4.98 Å². The minimum absolute atomic E-state index is 0.0314. The summed E-state index contributed by atoms with van der Waals surface area (Å²) in [5.41, 5.74) is 5.24. The van der Waals surface area contributed by atoms with Crippen LogP contribution in [-0.2, 0) is 15.9 Å². The van der Waals surface area contributed by atoms with Gasteiger partial charge in [0.2, 0.25) is 0 Å². The minimum atomic E-state index is -0.539. The first-order chi connectivity index (χ1) is 17.8. The Morgan fingerprint density at radius 2 is 1.92 bits per heavy atom. The van der Waals surface area contributed by atoms with Crippen LogP contribution in [0.4, 0.5) is 4.79 Å². The standard InChI is InChI=1S/C31H37ClN2O3/c1-31(2,3)37-30(35)34-17-15-26(24-10-7-16-33-20-24)28(21-34)27-14-13-23(19-29(27)32)25-12-6-5-9-22(25)11-8-18-36-4/h5-7,9-10,12-14,16,19-20,26,28H,8,11,15,17-18,21H2,1-4H3/t26-,28+/m1/s1. The second kappa shape index (κ2) is 12.1. The zero-order valence-electron chi connectivity index (χ0n) is 22.2. The van der Waals surface area contributed by atoms with Gasteiger partial charge < -0.3 is 14.4 Å². The maximum Gasteiger partial charge on any atom is 0.410 e. The Balaban J connectivity index is 1.65. The van der Waals surface area contributed by atoms with Crippen LogP contribution in [0.25, 0.3) is 11.1 Å². The molecule has 1 amide bonds. The lowest BCUT2D eigenvalue weighted by atomic mass is 9.77. The average molecular weight is 521 g/mol. The molecule has 37 heavy (non-hydrogen) atoms. The van der Waals surface area contributed by atoms with E-state index in [-0.39, 0.29) is 17.9 Å². The molecule has 0 unspecified atom stereocenters. The van der Waals surface area contributed by atoms with Gasteiger partial charge in [0.25, 0.3) is 0 Å². The molecule has 196 valence electrons. The van der Waals surface area contributed by atoms with E-state index in [1.165, 1.54) is 16.7 Å². The Labute approximate surface area is 225 Å². The third-order valence-corrected chi connectivity index (χ3v) is 7.23. The van der Waals surface area contributed by atoms with Gasteiger partial charge in [-0.1, -0.05) is 54.1 Å². The molecule has 2 aromatic carbocycles. The van der Waals surface area contributed by atoms with E-state index in [1.54, 1.807) is 13.3 Å². The first kappa shape index (κ1) is 27.2. The maximum absolute atomic E-state index is 13.0. The molecule has 1 aliphatic rings. The van der Waals surface area contributed by atoms with Gasteiger partial charge in [-0.25, -0.2) is 4.79 Å². The van der Waals surface area contributed by atoms with Gasteiger partial charge in [0.05, 0.1) is 0 Å². The van der Waals surface area contributed by atoms with E-state index in [0.717, 1.165) is 37.0 Å². The van der Waals surface area contributed by atoms with Crippen molar-refractivity contribution in [2.75, 3.05) is 26.8 Å². The molecule has 1 saturated heterocycles. The molecule has 1 aromatic heterocycles. The first-order valence-corrected chi connectivity index (χ1v) is 13.4. The molecule has 1 fully saturated rings. The maximum atomic E-state index is 13.0. The van der Waals surface area contributed by atoms with Crippen LogP contribution in [0.5, 0.6) is 0 Å². The van der Waals surface area contributed by atoms with Crippen molar-refractivity contribution in [1.29, 1.82) is 0 Å². The van der Waals surface area contributed by atoms with E-state index >= 15 is 0 Å². The molecular weight excluding hydrogens is 484 g/mol. The van der Waals surface area contributed by atoms with Crippen LogP contribution in [0.2, 0.25) is 5.02 Å². The largest absolute Gasteiger partial charge is 0.444 e. The lowest BCUT2D eigenvalue weighted by molar-refractivity contribution is 0.0184. The molecule has 1 aliphatic heterocycles. The predicted molar refractivity (Wildman–Crippen MR) is 149 cm³/mol. The fraction of sp³-hybridized carbons (Fsp3) is 0.419. The van der Waals surface area contributed by atoms with E-state index in [9.17, 15) is 4.79 Å². The van der Waals surface area contributed by atoms with Gasteiger partial charge in [0.1, 0.15) is 5.60 Å². The lowest BCUT2D eigenvalue weighted by Gasteiger charge is -2.39. The molecule has 3 aromatic rings. The second-order valence-electron chi connectivity index (χ2n) is 10.7. The normalized spacial score (nSPS) is 18.0. The van der Waals surface area contributed by atoms with Crippen molar-refractivity contribution in [2.24, 2.45) is 0 Å². The van der Waals surface area contributed by atoms with Crippen molar-refractivity contribution in [3.05, 3.63) is 88.7 Å². The molecule has 2 heterocycles. The summed E-state index contributed by atoms with van der Waals surface area (Å²) in [5.74, 6) is 0.237. The molecule has 5 nitrogen and oxygen atoms in total. The van der Waals surface area contributed by atoms with Crippen molar-refractivity contribution in [3.8, 4) is 11.1 Å². The molecule has 2 atom stereocenters. The number of nitrogens with zero attached hydrogens (tertiary/aromatic N) is 2. The Morgan fingerprint density at radius 1 is 1.11 bits per heavy atom. The highest BCUT2D eigenvalue weighted by Crippen LogP contribution is 2.43. The molecule has 0 aliphatic carbocycles. The van der Waals surface area contributed by atoms with Crippen LogP contribution < -0.4 is 0 Å². The summed E-state index contributed by atoms with van der Waals surface area (Å²) >= 11 is 7.01. The third kappa shape index (κ3) is 6.91. The van der Waals surface area contributed by atoms with Gasteiger partial charge in [-0.2, -0.15) is 0 Å². The number of ether oxygens (including phenoxy) is 2. The smallest absolute Gasteiger partial charge is 0.410 e. The second-order valence-corrected chi connectivity index (χ2v) is 11.1. The molecule has 0 radical (unpaired) electrons. The van der Waals surface area contributed by atoms with Gasteiger partial charge in [0.15, 0.2) is 0 Å². The van der Waals surface area contributed by atoms with Crippen LogP contribution in [0.15, 0.2) is 67.0 Å². The summed E-state index contributed by atoms with van der Waals surface area (Å²) in [7, 11) is 1.73. The fourth-order valence-electron chi connectivity index (χ4n) is 5.18. The molecule has 0 spiro atoms. The van der Waals surface area contributed by atoms with E-state index < -0.39 is 5.60 Å². The number of carbonyl (C=O) groups is 1. The van der Waals surface area contributed by atoms with Crippen LogP contribution in [0.1, 0.15) is 62.1 Å². The summed E-state index contributed by atoms with van der Waals surface area (Å²) in [6, 6.07) is 18.9. The molecule has 4 rings (SSSR count). The summed E-state index contributed by atoms with van der Waals surface area (Å²) in [5, 5.41) is 0.717. The summed E-state index contributed by atoms with van der Waals surface area (Å²) in [6.45, 7) is 7.60. The van der Waals surface area contributed by atoms with E-state index in [2.05, 4.69) is 53.5 Å². The monoisotopic (exact) mass is 520 g/mol. The van der Waals surface area contributed by atoms with Gasteiger partial charge in [-0.15, -0.1) is 0 Å². The number of hydrogen-bond donors (Lipinski definition) is 0. The van der Waals surface area contributed by atoms with Crippen molar-refractivity contribution < 1.29 is 14.3 Å². The summed E-state index contributed by atoms with van der Waals surface area (Å²) < 4.78 is 10.9. The first-order valence-electron chi connectivity index (χ1n) is 13.0. The number of halogens is 1. The summed E-state index contributed by atoms with van der Waals surface area (Å²) in [6.07, 6.45) is 6.17. The predicted octanol–water partition coefficient (Wildman–Crippen LogP) is 7.49. The number of benzene rings is 2. The van der Waals surface area contributed by atoms with Gasteiger partial charge in [0, 0.05) is 50.1 Å². The Kier molecular flexibility index (Phi) is 8.88. The zero-order valence-corrected chi connectivity index (χ0v) is 23.0. The Morgan fingerprint density at radius 3 is 2.62 bits per heavy atom. The van der Waals surface area contributed by atoms with Crippen LogP contribution in [0, 0.1) is 0 Å². The van der Waals surface area contributed by atoms with Crippen molar-refractivity contribution >= 4 is 17.7 Å². The molecule has 0 N–H and O–H groups in total. The number of rotatable bonds is 7. The summed E-state index contributed by atoms with van der Waals surface area (Å²) in [4.78, 5) is 19.1. The third-order valence-electron chi connectivity index (χ3n) is 6.90. The quantitative estimate of drug-likeness (QED) is 0.303. The number of aryl methyl sites for hydroxylation is 1. The number of hydrogen-bond acceptors (Lipinski definition) is 4. The Hall–Kier alpha value is -2.89. The van der Waals surface area contributed by atoms with E-state index in [0.29, 0.717) is 18.1 Å². The SMILES string of the molecule is COCCCc1ccccc1-c1ccc([C@H]2CN(C(=O)OC(C)(C)C)CC[C@@H]2c2cccnc2)c(Cl)c1. The molecule has 0 saturated carbocycles. The highest BCUT2D eigenvalue weighted by Gasteiger charge is 2.36. The molecular formula is C31H37ClN2O3. The fourth-order valence-corrected chi connectivity index (χ4v) is 5.50. The highest BCUT2D eigenvalue weighted by atomic mass is 35.5. The van der Waals surface area contributed by atoms with E-state index in [4.69, 9.17) is 21.1 Å². The zero-order chi connectivity index (χ0) is 26.4. The van der Waals surface area contributed by atoms with Crippen LogP contribution in [0.3, 0.4) is 0 Å². The topological polar surface area (TPSA) is 51.7 Å².